The van der Waals surface area contributed by atoms with Crippen molar-refractivity contribution in [1.29, 1.82) is 0 Å². The number of urea groups is 1. The average Bonchev–Trinajstić information content (AvgIpc) is 2.52. The minimum atomic E-state index is -0.208. The molecule has 2 N–H and O–H groups in total. The largest absolute Gasteiger partial charge is 0.491 e. The van der Waals surface area contributed by atoms with Crippen LogP contribution in [0.15, 0.2) is 48.5 Å². The van der Waals surface area contributed by atoms with Crippen LogP contribution < -0.4 is 15.4 Å². The zero-order valence-electron chi connectivity index (χ0n) is 12.4. The van der Waals surface area contributed by atoms with Crippen molar-refractivity contribution in [1.82, 2.24) is 10.6 Å². The van der Waals surface area contributed by atoms with Crippen molar-refractivity contribution in [3.05, 3.63) is 64.7 Å². The molecule has 116 valence electrons. The van der Waals surface area contributed by atoms with Crippen LogP contribution in [0.25, 0.3) is 0 Å². The monoisotopic (exact) mass is 318 g/mol. The fraction of sp³-hybridized carbons (Fsp3) is 0.235. The molecule has 0 aliphatic rings. The molecular weight excluding hydrogens is 300 g/mol. The van der Waals surface area contributed by atoms with Gasteiger partial charge < -0.3 is 15.4 Å². The number of carbonyl (C=O) groups is 1. The molecule has 0 bridgehead atoms. The number of hydrogen-bond donors (Lipinski definition) is 2. The lowest BCUT2D eigenvalue weighted by atomic mass is 10.2. The van der Waals surface area contributed by atoms with E-state index in [-0.39, 0.29) is 6.03 Å². The Kier molecular flexibility index (Phi) is 6.10. The van der Waals surface area contributed by atoms with Gasteiger partial charge in [0.25, 0.3) is 0 Å². The lowest BCUT2D eigenvalue weighted by Crippen LogP contribution is -2.37. The Balaban J connectivity index is 1.65. The smallest absolute Gasteiger partial charge is 0.315 e. The van der Waals surface area contributed by atoms with Gasteiger partial charge in [-0.05, 0) is 36.2 Å². The predicted molar refractivity (Wildman–Crippen MR) is 88.4 cm³/mol. The van der Waals surface area contributed by atoms with Gasteiger partial charge >= 0.3 is 6.03 Å². The molecular formula is C17H19ClN2O2. The summed E-state index contributed by atoms with van der Waals surface area (Å²) in [4.78, 5) is 11.6. The van der Waals surface area contributed by atoms with Gasteiger partial charge in [-0.1, -0.05) is 41.9 Å². The normalized spacial score (nSPS) is 10.1. The maximum atomic E-state index is 11.6. The maximum absolute atomic E-state index is 11.6. The number of halogens is 1. The van der Waals surface area contributed by atoms with Gasteiger partial charge in [-0.2, -0.15) is 0 Å². The molecule has 0 aliphatic heterocycles. The van der Waals surface area contributed by atoms with Gasteiger partial charge in [0.1, 0.15) is 12.4 Å². The summed E-state index contributed by atoms with van der Waals surface area (Å²) in [5.74, 6) is 0.774. The molecule has 0 saturated heterocycles. The highest BCUT2D eigenvalue weighted by Gasteiger charge is 2.02. The van der Waals surface area contributed by atoms with E-state index in [1.165, 1.54) is 0 Å². The fourth-order valence-corrected chi connectivity index (χ4v) is 2.17. The molecule has 2 rings (SSSR count). The quantitative estimate of drug-likeness (QED) is 0.801. The summed E-state index contributed by atoms with van der Waals surface area (Å²) in [5.41, 5.74) is 2.03. The van der Waals surface area contributed by atoms with E-state index >= 15 is 0 Å². The highest BCUT2D eigenvalue weighted by Crippen LogP contribution is 2.21. The van der Waals surface area contributed by atoms with Crippen molar-refractivity contribution in [2.75, 3.05) is 13.2 Å². The summed E-state index contributed by atoms with van der Waals surface area (Å²) in [7, 11) is 0. The summed E-state index contributed by atoms with van der Waals surface area (Å²) in [6, 6.07) is 15.0. The second-order valence-corrected chi connectivity index (χ2v) is 5.29. The van der Waals surface area contributed by atoms with Crippen LogP contribution in [0.1, 0.15) is 11.1 Å². The molecule has 5 heteroatoms. The summed E-state index contributed by atoms with van der Waals surface area (Å²) >= 11 is 5.88. The number of amides is 2. The number of ether oxygens (including phenoxy) is 1. The molecule has 2 aromatic rings. The number of rotatable bonds is 6. The van der Waals surface area contributed by atoms with Gasteiger partial charge in [0.05, 0.1) is 6.54 Å². The van der Waals surface area contributed by atoms with Gasteiger partial charge in [-0.25, -0.2) is 4.79 Å². The van der Waals surface area contributed by atoms with Crippen LogP contribution in [-0.4, -0.2) is 19.2 Å². The summed E-state index contributed by atoms with van der Waals surface area (Å²) < 4.78 is 5.60. The Morgan fingerprint density at radius 3 is 2.64 bits per heavy atom. The van der Waals surface area contributed by atoms with E-state index in [1.54, 1.807) is 6.07 Å². The van der Waals surface area contributed by atoms with Crippen LogP contribution in [0.5, 0.6) is 5.75 Å². The van der Waals surface area contributed by atoms with Crippen LogP contribution in [0.2, 0.25) is 5.02 Å². The van der Waals surface area contributed by atoms with E-state index in [0.29, 0.717) is 24.7 Å². The lowest BCUT2D eigenvalue weighted by molar-refractivity contribution is 0.236. The molecule has 22 heavy (non-hydrogen) atoms. The minimum absolute atomic E-state index is 0.208. The first-order chi connectivity index (χ1) is 10.6. The first-order valence-electron chi connectivity index (χ1n) is 7.10. The van der Waals surface area contributed by atoms with E-state index in [1.807, 2.05) is 49.4 Å². The van der Waals surface area contributed by atoms with Crippen molar-refractivity contribution in [2.24, 2.45) is 0 Å². The molecule has 0 spiro atoms. The second-order valence-electron chi connectivity index (χ2n) is 4.85. The SMILES string of the molecule is Cc1cc(Cl)ccc1OCCNC(=O)NCc1ccccc1. The Bertz CT molecular complexity index is 617. The average molecular weight is 319 g/mol. The zero-order chi connectivity index (χ0) is 15.8. The van der Waals surface area contributed by atoms with Crippen LogP contribution >= 0.6 is 11.6 Å². The van der Waals surface area contributed by atoms with Gasteiger partial charge in [-0.3, -0.25) is 0 Å². The lowest BCUT2D eigenvalue weighted by Gasteiger charge is -2.11. The van der Waals surface area contributed by atoms with Crippen molar-refractivity contribution >= 4 is 17.6 Å². The van der Waals surface area contributed by atoms with E-state index in [9.17, 15) is 4.79 Å². The molecule has 0 atom stereocenters. The highest BCUT2D eigenvalue weighted by molar-refractivity contribution is 6.30. The molecule has 0 radical (unpaired) electrons. The van der Waals surface area contributed by atoms with E-state index in [4.69, 9.17) is 16.3 Å². The van der Waals surface area contributed by atoms with Crippen LogP contribution in [0, 0.1) is 6.92 Å². The molecule has 0 heterocycles. The third-order valence-corrected chi connectivity index (χ3v) is 3.31. The topological polar surface area (TPSA) is 50.4 Å². The molecule has 2 amide bonds. The molecule has 2 aromatic carbocycles. The van der Waals surface area contributed by atoms with E-state index in [0.717, 1.165) is 16.9 Å². The number of hydrogen-bond acceptors (Lipinski definition) is 2. The molecule has 0 unspecified atom stereocenters. The first-order valence-corrected chi connectivity index (χ1v) is 7.47. The minimum Gasteiger partial charge on any atom is -0.491 e. The highest BCUT2D eigenvalue weighted by atomic mass is 35.5. The summed E-state index contributed by atoms with van der Waals surface area (Å²) in [6.07, 6.45) is 0. The van der Waals surface area contributed by atoms with Crippen LogP contribution in [0.3, 0.4) is 0 Å². The number of aryl methyl sites for hydroxylation is 1. The van der Waals surface area contributed by atoms with Crippen molar-refractivity contribution in [3.63, 3.8) is 0 Å². The van der Waals surface area contributed by atoms with Crippen LogP contribution in [0.4, 0.5) is 4.79 Å². The summed E-state index contributed by atoms with van der Waals surface area (Å²) in [6.45, 7) is 3.27. The third-order valence-electron chi connectivity index (χ3n) is 3.08. The van der Waals surface area contributed by atoms with Crippen LogP contribution in [-0.2, 0) is 6.54 Å². The number of benzene rings is 2. The third kappa shape index (κ3) is 5.30. The molecule has 0 aliphatic carbocycles. The fourth-order valence-electron chi connectivity index (χ4n) is 1.94. The molecule has 0 saturated carbocycles. The molecule has 0 aromatic heterocycles. The Morgan fingerprint density at radius 1 is 1.14 bits per heavy atom. The Labute approximate surface area is 135 Å². The Hall–Kier alpha value is -2.20. The number of carbonyl (C=O) groups excluding carboxylic acids is 1. The molecule has 4 nitrogen and oxygen atoms in total. The van der Waals surface area contributed by atoms with Gasteiger partial charge in [0.2, 0.25) is 0 Å². The van der Waals surface area contributed by atoms with Crippen molar-refractivity contribution in [3.8, 4) is 5.75 Å². The van der Waals surface area contributed by atoms with Gasteiger partial charge in [-0.15, -0.1) is 0 Å². The van der Waals surface area contributed by atoms with Crippen molar-refractivity contribution < 1.29 is 9.53 Å². The first kappa shape index (κ1) is 16.2. The van der Waals surface area contributed by atoms with E-state index in [2.05, 4.69) is 10.6 Å². The van der Waals surface area contributed by atoms with Crippen molar-refractivity contribution in [2.45, 2.75) is 13.5 Å². The Morgan fingerprint density at radius 2 is 1.91 bits per heavy atom. The van der Waals surface area contributed by atoms with Gasteiger partial charge in [0.15, 0.2) is 0 Å². The maximum Gasteiger partial charge on any atom is 0.315 e. The predicted octanol–water partition coefficient (Wildman–Crippen LogP) is 3.53. The summed E-state index contributed by atoms with van der Waals surface area (Å²) in [5, 5.41) is 6.23. The number of nitrogens with one attached hydrogen (secondary N) is 2. The second kappa shape index (κ2) is 8.29. The standard InChI is InChI=1S/C17H19ClN2O2/c1-13-11-15(18)7-8-16(13)22-10-9-19-17(21)20-12-14-5-3-2-4-6-14/h2-8,11H,9-10,12H2,1H3,(H2,19,20,21). The molecule has 0 fully saturated rings. The zero-order valence-corrected chi connectivity index (χ0v) is 13.2. The van der Waals surface area contributed by atoms with E-state index < -0.39 is 0 Å². The van der Waals surface area contributed by atoms with Gasteiger partial charge in [0, 0.05) is 11.6 Å².